The van der Waals surface area contributed by atoms with Crippen LogP contribution in [0.5, 0.6) is 0 Å². The lowest BCUT2D eigenvalue weighted by molar-refractivity contribution is -0.138. The summed E-state index contributed by atoms with van der Waals surface area (Å²) in [6.45, 7) is 1.97. The van der Waals surface area contributed by atoms with Crippen LogP contribution in [0.25, 0.3) is 5.70 Å². The zero-order valence-corrected chi connectivity index (χ0v) is 14.6. The molecule has 0 atom stereocenters. The van der Waals surface area contributed by atoms with Crippen molar-refractivity contribution in [3.63, 3.8) is 0 Å². The van der Waals surface area contributed by atoms with E-state index < -0.39 is 17.7 Å². The summed E-state index contributed by atoms with van der Waals surface area (Å²) in [6, 6.07) is 16.7. The number of hydrogen-bond donors (Lipinski definition) is 1. The Bertz CT molecular complexity index is 845. The van der Waals surface area contributed by atoms with E-state index in [1.165, 1.54) is 18.2 Å². The normalized spacial score (nSPS) is 11.3. The van der Waals surface area contributed by atoms with Gasteiger partial charge < -0.3 is 10.1 Å². The van der Waals surface area contributed by atoms with Crippen molar-refractivity contribution in [1.29, 1.82) is 0 Å². The zero-order valence-electron chi connectivity index (χ0n) is 14.6. The minimum absolute atomic E-state index is 0.261. The van der Waals surface area contributed by atoms with Crippen molar-refractivity contribution in [2.45, 2.75) is 19.5 Å². The van der Waals surface area contributed by atoms with Crippen molar-refractivity contribution in [2.75, 3.05) is 6.61 Å². The molecule has 0 heterocycles. The minimum atomic E-state index is -4.35. The number of hydrogen-bond acceptors (Lipinski definition) is 3. The van der Waals surface area contributed by atoms with Crippen molar-refractivity contribution in [3.05, 3.63) is 77.4 Å². The van der Waals surface area contributed by atoms with E-state index in [0.717, 1.165) is 17.7 Å². The number of carbonyl (C=O) groups excluding carboxylic acids is 1. The van der Waals surface area contributed by atoms with Gasteiger partial charge in [0.1, 0.15) is 0 Å². The van der Waals surface area contributed by atoms with Gasteiger partial charge in [-0.3, -0.25) is 0 Å². The molecule has 140 valence electrons. The molecule has 0 aliphatic rings. The maximum absolute atomic E-state index is 12.6. The van der Waals surface area contributed by atoms with Crippen molar-refractivity contribution in [2.24, 2.45) is 0 Å². The van der Waals surface area contributed by atoms with Crippen LogP contribution in [-0.2, 0) is 22.1 Å². The lowest BCUT2D eigenvalue weighted by Crippen LogP contribution is -2.09. The van der Waals surface area contributed by atoms with E-state index >= 15 is 0 Å². The second-order valence-corrected chi connectivity index (χ2v) is 5.47. The van der Waals surface area contributed by atoms with Crippen LogP contribution >= 0.6 is 0 Å². The van der Waals surface area contributed by atoms with E-state index in [1.54, 1.807) is 6.92 Å². The third-order valence-corrected chi connectivity index (χ3v) is 3.49. The van der Waals surface area contributed by atoms with Gasteiger partial charge in [-0.25, -0.2) is 4.79 Å². The second-order valence-electron chi connectivity index (χ2n) is 5.47. The summed E-state index contributed by atoms with van der Waals surface area (Å²) in [5, 5.41) is 2.85. The molecule has 0 unspecified atom stereocenters. The molecule has 0 aliphatic heterocycles. The minimum Gasteiger partial charge on any atom is -0.463 e. The summed E-state index contributed by atoms with van der Waals surface area (Å²) in [7, 11) is 0. The fourth-order valence-electron chi connectivity index (χ4n) is 2.18. The van der Waals surface area contributed by atoms with Crippen LogP contribution in [0.2, 0.25) is 0 Å². The Morgan fingerprint density at radius 2 is 1.78 bits per heavy atom. The van der Waals surface area contributed by atoms with Gasteiger partial charge in [-0.05, 0) is 30.2 Å². The van der Waals surface area contributed by atoms with Crippen molar-refractivity contribution in [3.8, 4) is 12.0 Å². The van der Waals surface area contributed by atoms with Gasteiger partial charge in [0.05, 0.1) is 17.9 Å². The monoisotopic (exact) mass is 373 g/mol. The van der Waals surface area contributed by atoms with Crippen molar-refractivity contribution < 1.29 is 22.7 Å². The highest BCUT2D eigenvalue weighted by molar-refractivity contribution is 5.91. The number of halogens is 3. The summed E-state index contributed by atoms with van der Waals surface area (Å²) in [4.78, 5) is 11.7. The van der Waals surface area contributed by atoms with Crippen LogP contribution < -0.4 is 5.32 Å². The Balaban J connectivity index is 2.06. The third-order valence-electron chi connectivity index (χ3n) is 3.49. The molecule has 0 saturated carbocycles. The van der Waals surface area contributed by atoms with Crippen molar-refractivity contribution in [1.82, 2.24) is 5.32 Å². The number of nitrogens with one attached hydrogen (secondary N) is 1. The lowest BCUT2D eigenvalue weighted by Gasteiger charge is -2.07. The van der Waals surface area contributed by atoms with Gasteiger partial charge in [0.25, 0.3) is 0 Å². The molecule has 1 N–H and O–H groups in total. The van der Waals surface area contributed by atoms with Crippen LogP contribution in [0.1, 0.15) is 23.6 Å². The fourth-order valence-corrected chi connectivity index (χ4v) is 2.18. The number of esters is 1. The third kappa shape index (κ3) is 6.55. The molecule has 0 spiro atoms. The highest BCUT2D eigenvalue weighted by atomic mass is 19.4. The Hall–Kier alpha value is -3.20. The molecule has 0 fully saturated rings. The summed E-state index contributed by atoms with van der Waals surface area (Å²) >= 11 is 0. The van der Waals surface area contributed by atoms with E-state index in [4.69, 9.17) is 4.74 Å². The molecule has 0 saturated heterocycles. The Morgan fingerprint density at radius 1 is 1.11 bits per heavy atom. The molecule has 0 aromatic heterocycles. The van der Waals surface area contributed by atoms with Crippen LogP contribution in [0.15, 0.2) is 60.7 Å². The van der Waals surface area contributed by atoms with Crippen LogP contribution in [0.4, 0.5) is 13.2 Å². The largest absolute Gasteiger partial charge is 0.463 e. The molecule has 2 aromatic carbocycles. The van der Waals surface area contributed by atoms with Gasteiger partial charge in [0, 0.05) is 18.5 Å². The predicted octanol–water partition coefficient (Wildman–Crippen LogP) is 4.40. The predicted molar refractivity (Wildman–Crippen MR) is 97.1 cm³/mol. The number of ether oxygens (including phenoxy) is 1. The smallest absolute Gasteiger partial charge is 0.416 e. The maximum Gasteiger partial charge on any atom is 0.416 e. The molecule has 0 aliphatic carbocycles. The average Bonchev–Trinajstić information content (AvgIpc) is 2.65. The zero-order chi connectivity index (χ0) is 19.7. The number of carbonyl (C=O) groups is 1. The van der Waals surface area contributed by atoms with Crippen LogP contribution in [0, 0.1) is 12.0 Å². The van der Waals surface area contributed by atoms with Gasteiger partial charge in [0.2, 0.25) is 0 Å². The summed E-state index contributed by atoms with van der Waals surface area (Å²) < 4.78 is 42.6. The maximum atomic E-state index is 12.6. The molecule has 2 aromatic rings. The first kappa shape index (κ1) is 20.1. The topological polar surface area (TPSA) is 38.3 Å². The first-order chi connectivity index (χ1) is 12.9. The molecule has 0 radical (unpaired) electrons. The molecule has 3 nitrogen and oxygen atoms in total. The molecule has 0 amide bonds. The van der Waals surface area contributed by atoms with Crippen LogP contribution in [-0.4, -0.2) is 12.6 Å². The second kappa shape index (κ2) is 9.48. The molecule has 0 bridgehead atoms. The standard InChI is InChI=1S/C21H18F3NO2/c1-2-27-20(26)15-19(17-8-4-3-5-9-17)25-14-6-7-16-10-12-18(13-11-16)21(22,23)24/h3-5,8-13,15,25H,2,7H2,1H3/b19-15-. The highest BCUT2D eigenvalue weighted by Crippen LogP contribution is 2.29. The SMILES string of the molecule is CCOC(=O)/C=C(\NC#CCc1ccc(C(F)(F)F)cc1)c1ccccc1. The van der Waals surface area contributed by atoms with Gasteiger partial charge in [-0.1, -0.05) is 48.4 Å². The van der Waals surface area contributed by atoms with Crippen LogP contribution in [0.3, 0.4) is 0 Å². The van der Waals surface area contributed by atoms with E-state index in [0.29, 0.717) is 11.3 Å². The van der Waals surface area contributed by atoms with Gasteiger partial charge in [0.15, 0.2) is 0 Å². The first-order valence-corrected chi connectivity index (χ1v) is 8.24. The van der Waals surface area contributed by atoms with E-state index in [-0.39, 0.29) is 13.0 Å². The van der Waals surface area contributed by atoms with E-state index in [1.807, 2.05) is 30.3 Å². The quantitative estimate of drug-likeness (QED) is 0.365. The molecular weight excluding hydrogens is 355 g/mol. The summed E-state index contributed by atoms with van der Waals surface area (Å²) in [5.74, 6) is 2.34. The number of rotatable bonds is 5. The van der Waals surface area contributed by atoms with Gasteiger partial charge in [-0.2, -0.15) is 13.2 Å². The lowest BCUT2D eigenvalue weighted by atomic mass is 10.1. The van der Waals surface area contributed by atoms with Crippen molar-refractivity contribution >= 4 is 11.7 Å². The Kier molecular flexibility index (Phi) is 7.07. The summed E-state index contributed by atoms with van der Waals surface area (Å²) in [5.41, 5.74) is 1.21. The highest BCUT2D eigenvalue weighted by Gasteiger charge is 2.29. The average molecular weight is 373 g/mol. The van der Waals surface area contributed by atoms with E-state index in [9.17, 15) is 18.0 Å². The molecule has 6 heteroatoms. The molecule has 27 heavy (non-hydrogen) atoms. The Labute approximate surface area is 155 Å². The first-order valence-electron chi connectivity index (χ1n) is 8.24. The molecular formula is C21H18F3NO2. The number of alkyl halides is 3. The molecule has 2 rings (SSSR count). The van der Waals surface area contributed by atoms with Gasteiger partial charge >= 0.3 is 12.1 Å². The number of benzene rings is 2. The fraction of sp³-hybridized carbons (Fsp3) is 0.190. The van der Waals surface area contributed by atoms with E-state index in [2.05, 4.69) is 17.3 Å². The Morgan fingerprint density at radius 3 is 2.37 bits per heavy atom. The summed E-state index contributed by atoms with van der Waals surface area (Å²) in [6.07, 6.45) is -2.77. The van der Waals surface area contributed by atoms with Gasteiger partial charge in [-0.15, -0.1) is 0 Å².